The molecule has 1 saturated carbocycles. The molecule has 2 unspecified atom stereocenters. The standard InChI is InChI=1S/C17H33N3O/c1-13(2)20(16-8-6-5-7-9-16)17(21)12-19-11-14(3)18-10-15(19)4/h13-16,18H,5-12H2,1-4H3. The molecule has 0 spiro atoms. The number of piperazine rings is 1. The molecule has 4 heteroatoms. The normalized spacial score (nSPS) is 28.8. The molecule has 1 saturated heterocycles. The highest BCUT2D eigenvalue weighted by molar-refractivity contribution is 5.79. The summed E-state index contributed by atoms with van der Waals surface area (Å²) < 4.78 is 0. The van der Waals surface area contributed by atoms with Gasteiger partial charge in [-0.15, -0.1) is 0 Å². The van der Waals surface area contributed by atoms with E-state index in [1.165, 1.54) is 32.1 Å². The zero-order chi connectivity index (χ0) is 15.4. The van der Waals surface area contributed by atoms with Gasteiger partial charge in [0.1, 0.15) is 0 Å². The van der Waals surface area contributed by atoms with E-state index in [4.69, 9.17) is 0 Å². The van der Waals surface area contributed by atoms with Crippen LogP contribution in [0.15, 0.2) is 0 Å². The Morgan fingerprint density at radius 3 is 2.52 bits per heavy atom. The third kappa shape index (κ3) is 4.43. The average molecular weight is 295 g/mol. The Bertz CT molecular complexity index is 339. The summed E-state index contributed by atoms with van der Waals surface area (Å²) in [6, 6.07) is 1.72. The molecule has 2 atom stereocenters. The molecule has 2 fully saturated rings. The van der Waals surface area contributed by atoms with Crippen molar-refractivity contribution in [2.75, 3.05) is 19.6 Å². The number of nitrogens with one attached hydrogen (secondary N) is 1. The molecule has 21 heavy (non-hydrogen) atoms. The lowest BCUT2D eigenvalue weighted by Gasteiger charge is -2.41. The van der Waals surface area contributed by atoms with E-state index in [2.05, 4.69) is 42.8 Å². The van der Waals surface area contributed by atoms with Gasteiger partial charge in [-0.05, 0) is 40.5 Å². The summed E-state index contributed by atoms with van der Waals surface area (Å²) in [7, 11) is 0. The van der Waals surface area contributed by atoms with E-state index in [-0.39, 0.29) is 0 Å². The van der Waals surface area contributed by atoms with Gasteiger partial charge in [-0.25, -0.2) is 0 Å². The van der Waals surface area contributed by atoms with Crippen LogP contribution in [0.1, 0.15) is 59.8 Å². The third-order valence-corrected chi connectivity index (χ3v) is 5.04. The van der Waals surface area contributed by atoms with E-state index in [0.717, 1.165) is 13.1 Å². The van der Waals surface area contributed by atoms with Gasteiger partial charge >= 0.3 is 0 Å². The van der Waals surface area contributed by atoms with Crippen LogP contribution in [-0.4, -0.2) is 59.5 Å². The Labute approximate surface area is 130 Å². The molecule has 0 aromatic heterocycles. The first-order valence-corrected chi connectivity index (χ1v) is 8.77. The topological polar surface area (TPSA) is 35.6 Å². The highest BCUT2D eigenvalue weighted by Crippen LogP contribution is 2.24. The molecule has 0 bridgehead atoms. The van der Waals surface area contributed by atoms with E-state index >= 15 is 0 Å². The second kappa shape index (κ2) is 7.59. The fourth-order valence-corrected chi connectivity index (χ4v) is 3.85. The van der Waals surface area contributed by atoms with Crippen molar-refractivity contribution in [3.63, 3.8) is 0 Å². The van der Waals surface area contributed by atoms with Crippen molar-refractivity contribution >= 4 is 5.91 Å². The molecule has 0 aromatic rings. The van der Waals surface area contributed by atoms with Crippen LogP contribution in [0.25, 0.3) is 0 Å². The second-order valence-electron chi connectivity index (χ2n) is 7.27. The SMILES string of the molecule is CC1CN(CC(=O)N(C(C)C)C2CCCCC2)C(C)CN1. The van der Waals surface area contributed by atoms with E-state index in [9.17, 15) is 4.79 Å². The molecule has 122 valence electrons. The van der Waals surface area contributed by atoms with Crippen molar-refractivity contribution in [1.29, 1.82) is 0 Å². The number of nitrogens with zero attached hydrogens (tertiary/aromatic N) is 2. The third-order valence-electron chi connectivity index (χ3n) is 5.04. The monoisotopic (exact) mass is 295 g/mol. The molecular formula is C17H33N3O. The van der Waals surface area contributed by atoms with Gasteiger partial charge in [0, 0.05) is 37.3 Å². The molecule has 0 aromatic carbocycles. The number of hydrogen-bond acceptors (Lipinski definition) is 3. The summed E-state index contributed by atoms with van der Waals surface area (Å²) in [6.45, 7) is 11.3. The lowest BCUT2D eigenvalue weighted by Crippen LogP contribution is -2.58. The van der Waals surface area contributed by atoms with E-state index < -0.39 is 0 Å². The van der Waals surface area contributed by atoms with Gasteiger partial charge in [-0.1, -0.05) is 19.3 Å². The van der Waals surface area contributed by atoms with Crippen molar-refractivity contribution < 1.29 is 4.79 Å². The van der Waals surface area contributed by atoms with E-state index in [1.807, 2.05) is 0 Å². The van der Waals surface area contributed by atoms with E-state index in [1.54, 1.807) is 0 Å². The minimum absolute atomic E-state index is 0.316. The molecule has 2 aliphatic rings. The van der Waals surface area contributed by atoms with Crippen LogP contribution in [0.2, 0.25) is 0 Å². The van der Waals surface area contributed by atoms with Crippen molar-refractivity contribution in [3.8, 4) is 0 Å². The first-order chi connectivity index (χ1) is 9.99. The maximum absolute atomic E-state index is 12.9. The van der Waals surface area contributed by atoms with Gasteiger partial charge in [0.15, 0.2) is 0 Å². The quantitative estimate of drug-likeness (QED) is 0.864. The highest BCUT2D eigenvalue weighted by Gasteiger charge is 2.31. The molecule has 2 rings (SSSR count). The van der Waals surface area contributed by atoms with Gasteiger partial charge in [-0.3, -0.25) is 9.69 Å². The smallest absolute Gasteiger partial charge is 0.237 e. The number of amides is 1. The molecular weight excluding hydrogens is 262 g/mol. The van der Waals surface area contributed by atoms with Crippen LogP contribution in [-0.2, 0) is 4.79 Å². The van der Waals surface area contributed by atoms with E-state index in [0.29, 0.717) is 36.6 Å². The fourth-order valence-electron chi connectivity index (χ4n) is 3.85. The van der Waals surface area contributed by atoms with Crippen LogP contribution >= 0.6 is 0 Å². The average Bonchev–Trinajstić information content (AvgIpc) is 2.44. The summed E-state index contributed by atoms with van der Waals surface area (Å²) in [4.78, 5) is 17.4. The van der Waals surface area contributed by atoms with Gasteiger partial charge in [0.2, 0.25) is 5.91 Å². The van der Waals surface area contributed by atoms with Crippen LogP contribution in [0.5, 0.6) is 0 Å². The number of rotatable bonds is 4. The van der Waals surface area contributed by atoms with Crippen LogP contribution in [0, 0.1) is 0 Å². The molecule has 1 heterocycles. The van der Waals surface area contributed by atoms with Gasteiger partial charge in [0.25, 0.3) is 0 Å². The van der Waals surface area contributed by atoms with Crippen molar-refractivity contribution in [1.82, 2.24) is 15.1 Å². The molecule has 4 nitrogen and oxygen atoms in total. The van der Waals surface area contributed by atoms with Crippen molar-refractivity contribution in [2.45, 2.75) is 84.0 Å². The first-order valence-electron chi connectivity index (χ1n) is 8.77. The van der Waals surface area contributed by atoms with Crippen LogP contribution in [0.4, 0.5) is 0 Å². The Hall–Kier alpha value is -0.610. The molecule has 1 aliphatic carbocycles. The number of carbonyl (C=O) groups excluding carboxylic acids is 1. The van der Waals surface area contributed by atoms with Crippen molar-refractivity contribution in [2.24, 2.45) is 0 Å². The molecule has 0 radical (unpaired) electrons. The van der Waals surface area contributed by atoms with Crippen molar-refractivity contribution in [3.05, 3.63) is 0 Å². The highest BCUT2D eigenvalue weighted by atomic mass is 16.2. The second-order valence-corrected chi connectivity index (χ2v) is 7.27. The summed E-state index contributed by atoms with van der Waals surface area (Å²) >= 11 is 0. The fraction of sp³-hybridized carbons (Fsp3) is 0.941. The zero-order valence-corrected chi connectivity index (χ0v) is 14.3. The Morgan fingerprint density at radius 2 is 1.90 bits per heavy atom. The predicted octanol–water partition coefficient (Wildman–Crippen LogP) is 2.24. The largest absolute Gasteiger partial charge is 0.336 e. The van der Waals surface area contributed by atoms with Gasteiger partial charge < -0.3 is 10.2 Å². The van der Waals surface area contributed by atoms with Crippen LogP contribution < -0.4 is 5.32 Å². The molecule has 1 amide bonds. The summed E-state index contributed by atoms with van der Waals surface area (Å²) in [5, 5.41) is 3.48. The summed E-state index contributed by atoms with van der Waals surface area (Å²) in [5.41, 5.74) is 0. The van der Waals surface area contributed by atoms with Gasteiger partial charge in [0.05, 0.1) is 6.54 Å². The van der Waals surface area contributed by atoms with Crippen LogP contribution in [0.3, 0.4) is 0 Å². The maximum Gasteiger partial charge on any atom is 0.237 e. The van der Waals surface area contributed by atoms with Gasteiger partial charge in [-0.2, -0.15) is 0 Å². The maximum atomic E-state index is 12.9. The Kier molecular flexibility index (Phi) is 6.06. The minimum atomic E-state index is 0.316. The number of hydrogen-bond donors (Lipinski definition) is 1. The minimum Gasteiger partial charge on any atom is -0.336 e. The lowest BCUT2D eigenvalue weighted by molar-refractivity contribution is -0.138. The number of carbonyl (C=O) groups is 1. The Balaban J connectivity index is 1.97. The molecule has 1 aliphatic heterocycles. The lowest BCUT2D eigenvalue weighted by atomic mass is 9.93. The zero-order valence-electron chi connectivity index (χ0n) is 14.3. The Morgan fingerprint density at radius 1 is 1.24 bits per heavy atom. The predicted molar refractivity (Wildman–Crippen MR) is 87.4 cm³/mol. The summed E-state index contributed by atoms with van der Waals surface area (Å²) in [5.74, 6) is 0.331. The summed E-state index contributed by atoms with van der Waals surface area (Å²) in [6.07, 6.45) is 6.28. The molecule has 1 N–H and O–H groups in total. The first kappa shape index (κ1) is 16.8.